The Bertz CT molecular complexity index is 1560. The molecular formula is C32H40N4O6. The van der Waals surface area contributed by atoms with Gasteiger partial charge in [-0.3, -0.25) is 4.79 Å². The summed E-state index contributed by atoms with van der Waals surface area (Å²) in [6.07, 6.45) is 4.59. The van der Waals surface area contributed by atoms with Gasteiger partial charge in [-0.2, -0.15) is 0 Å². The number of amides is 1. The molecule has 1 amide bonds. The number of likely N-dealkylation sites (tertiary alicyclic amines) is 1. The summed E-state index contributed by atoms with van der Waals surface area (Å²) >= 11 is 0. The number of hydrogen-bond acceptors (Lipinski definition) is 9. The van der Waals surface area contributed by atoms with Crippen LogP contribution in [0.3, 0.4) is 0 Å². The number of nitrogens with zero attached hydrogens (tertiary/aromatic N) is 1. The molecule has 0 bridgehead atoms. The topological polar surface area (TPSA) is 136 Å². The number of benzene rings is 1. The molecule has 0 spiro atoms. The van der Waals surface area contributed by atoms with E-state index in [1.54, 1.807) is 32.1 Å². The van der Waals surface area contributed by atoms with Gasteiger partial charge >= 0.3 is 11.6 Å². The minimum atomic E-state index is -1.10. The number of carbonyl (C=O) groups excluding carboxylic acids is 2. The van der Waals surface area contributed by atoms with Crippen LogP contribution in [0.25, 0.3) is 11.0 Å². The molecule has 1 aromatic carbocycles. The first-order valence-electron chi connectivity index (χ1n) is 14.4. The van der Waals surface area contributed by atoms with Crippen molar-refractivity contribution in [3.05, 3.63) is 74.9 Å². The van der Waals surface area contributed by atoms with Gasteiger partial charge < -0.3 is 35.2 Å². The number of ether oxygens (including phenoxy) is 2. The van der Waals surface area contributed by atoms with Gasteiger partial charge in [0.05, 0.1) is 12.2 Å². The fourth-order valence-electron chi connectivity index (χ4n) is 5.91. The lowest BCUT2D eigenvalue weighted by atomic mass is 9.75. The van der Waals surface area contributed by atoms with Crippen molar-refractivity contribution < 1.29 is 23.5 Å². The molecular weight excluding hydrogens is 536 g/mol. The third-order valence-corrected chi connectivity index (χ3v) is 8.72. The Balaban J connectivity index is 1.51. The van der Waals surface area contributed by atoms with E-state index < -0.39 is 22.8 Å². The third-order valence-electron chi connectivity index (χ3n) is 8.72. The molecule has 0 radical (unpaired) electrons. The Morgan fingerprint density at radius 1 is 1.29 bits per heavy atom. The number of allylic oxidation sites excluding steroid dienone is 2. The molecule has 3 aliphatic rings. The molecule has 224 valence electrons. The summed E-state index contributed by atoms with van der Waals surface area (Å²) in [4.78, 5) is 40.0. The monoisotopic (exact) mass is 576 g/mol. The molecule has 1 fully saturated rings. The van der Waals surface area contributed by atoms with Gasteiger partial charge in [0, 0.05) is 68.0 Å². The van der Waals surface area contributed by atoms with E-state index in [0.717, 1.165) is 41.7 Å². The highest BCUT2D eigenvalue weighted by molar-refractivity contribution is 5.88. The zero-order valence-electron chi connectivity index (χ0n) is 25.0. The van der Waals surface area contributed by atoms with E-state index in [2.05, 4.69) is 10.6 Å². The smallest absolute Gasteiger partial charge is 0.336 e. The number of dihydropyridines is 1. The van der Waals surface area contributed by atoms with E-state index in [0.29, 0.717) is 48.0 Å². The highest BCUT2D eigenvalue weighted by atomic mass is 16.6. The van der Waals surface area contributed by atoms with Gasteiger partial charge in [0.2, 0.25) is 5.91 Å². The fourth-order valence-corrected chi connectivity index (χ4v) is 5.91. The van der Waals surface area contributed by atoms with Crippen LogP contribution in [-0.2, 0) is 20.7 Å². The Morgan fingerprint density at radius 2 is 2.05 bits per heavy atom. The number of hydrogen-bond donors (Lipinski definition) is 3. The standard InChI is InChI=1S/C32H40N4O6/c1-6-19(2)30(39)42-31(3,4)32(14-23-9-21-7-8-29(38)40-25(21)12-26(23)41-32)13-22-10-27(33)35-16-24(22)11-28(37)36-17-20(18-36)15-34-5/h6-10,12,20,34-35H,11,13-18,33H2,1-5H3/b19-6+/t32-/m0/s1. The van der Waals surface area contributed by atoms with Crippen molar-refractivity contribution in [2.45, 2.75) is 58.2 Å². The number of carbonyl (C=O) groups is 2. The number of rotatable bonds is 9. The lowest BCUT2D eigenvalue weighted by Crippen LogP contribution is -2.57. The molecule has 10 nitrogen and oxygen atoms in total. The Kier molecular flexibility index (Phi) is 7.94. The van der Waals surface area contributed by atoms with Crippen LogP contribution in [0.4, 0.5) is 0 Å². The van der Waals surface area contributed by atoms with Crippen molar-refractivity contribution in [3.63, 3.8) is 0 Å². The molecule has 0 saturated carbocycles. The predicted molar refractivity (Wildman–Crippen MR) is 160 cm³/mol. The van der Waals surface area contributed by atoms with Crippen LogP contribution in [0.2, 0.25) is 0 Å². The van der Waals surface area contributed by atoms with Gasteiger partial charge in [-0.1, -0.05) is 6.08 Å². The second-order valence-corrected chi connectivity index (χ2v) is 12.1. The second kappa shape index (κ2) is 11.3. The largest absolute Gasteiger partial charge is 0.482 e. The maximum absolute atomic E-state index is 13.2. The summed E-state index contributed by atoms with van der Waals surface area (Å²) in [6, 6.07) is 6.78. The number of fused-ring (bicyclic) bond motifs is 2. The summed E-state index contributed by atoms with van der Waals surface area (Å²) in [7, 11) is 1.92. The maximum Gasteiger partial charge on any atom is 0.336 e. The molecule has 2 aromatic rings. The van der Waals surface area contributed by atoms with Crippen LogP contribution >= 0.6 is 0 Å². The van der Waals surface area contributed by atoms with Gasteiger partial charge in [-0.25, -0.2) is 9.59 Å². The van der Waals surface area contributed by atoms with Crippen molar-refractivity contribution in [1.29, 1.82) is 0 Å². The lowest BCUT2D eigenvalue weighted by molar-refractivity contribution is -0.174. The molecule has 0 aliphatic carbocycles. The molecule has 3 aliphatic heterocycles. The summed E-state index contributed by atoms with van der Waals surface area (Å²) in [5.74, 6) is 1.17. The van der Waals surface area contributed by atoms with Crippen molar-refractivity contribution in [2.75, 3.05) is 33.2 Å². The van der Waals surface area contributed by atoms with Crippen molar-refractivity contribution in [2.24, 2.45) is 11.7 Å². The van der Waals surface area contributed by atoms with Crippen LogP contribution in [0.15, 0.2) is 68.2 Å². The SMILES string of the molecule is C/C=C(\C)C(=O)OC(C)(C)[C@]1(CC2=C(CC(=O)N3CC(CNC)C3)CNC(N)=C2)Cc2cc3ccc(=O)oc3cc2O1. The molecule has 1 aromatic heterocycles. The lowest BCUT2D eigenvalue weighted by Gasteiger charge is -2.43. The maximum atomic E-state index is 13.2. The highest BCUT2D eigenvalue weighted by Gasteiger charge is 2.54. The quantitative estimate of drug-likeness (QED) is 0.234. The molecule has 0 unspecified atom stereocenters. The first kappa shape index (κ1) is 29.4. The Morgan fingerprint density at radius 3 is 2.76 bits per heavy atom. The number of nitrogens with one attached hydrogen (secondary N) is 2. The summed E-state index contributed by atoms with van der Waals surface area (Å²) in [6.45, 7) is 10.0. The summed E-state index contributed by atoms with van der Waals surface area (Å²) in [5.41, 5.74) is 7.26. The summed E-state index contributed by atoms with van der Waals surface area (Å²) < 4.78 is 18.3. The van der Waals surface area contributed by atoms with Gasteiger partial charge in [0.1, 0.15) is 16.9 Å². The van der Waals surface area contributed by atoms with Crippen LogP contribution in [0.1, 0.15) is 46.1 Å². The van der Waals surface area contributed by atoms with Gasteiger partial charge in [-0.05, 0) is 69.7 Å². The fraction of sp³-hybridized carbons (Fsp3) is 0.469. The normalized spacial score (nSPS) is 20.9. The minimum absolute atomic E-state index is 0.0749. The van der Waals surface area contributed by atoms with Gasteiger partial charge in [-0.15, -0.1) is 0 Å². The second-order valence-electron chi connectivity index (χ2n) is 12.1. The molecule has 4 N–H and O–H groups in total. The highest BCUT2D eigenvalue weighted by Crippen LogP contribution is 2.48. The summed E-state index contributed by atoms with van der Waals surface area (Å²) in [5, 5.41) is 7.12. The molecule has 5 rings (SSSR count). The van der Waals surface area contributed by atoms with Crippen LogP contribution in [0.5, 0.6) is 5.75 Å². The molecule has 1 atom stereocenters. The van der Waals surface area contributed by atoms with Crippen molar-refractivity contribution in [3.8, 4) is 5.75 Å². The third kappa shape index (κ3) is 5.68. The predicted octanol–water partition coefficient (Wildman–Crippen LogP) is 2.91. The van der Waals surface area contributed by atoms with Crippen LogP contribution in [-0.4, -0.2) is 61.2 Å². The van der Waals surface area contributed by atoms with Crippen LogP contribution in [0, 0.1) is 5.92 Å². The first-order chi connectivity index (χ1) is 19.9. The van der Waals surface area contributed by atoms with E-state index in [4.69, 9.17) is 19.6 Å². The number of nitrogens with two attached hydrogens (primary N) is 1. The molecule has 4 heterocycles. The average molecular weight is 577 g/mol. The minimum Gasteiger partial charge on any atom is -0.482 e. The zero-order valence-corrected chi connectivity index (χ0v) is 25.0. The van der Waals surface area contributed by atoms with E-state index >= 15 is 0 Å². The molecule has 1 saturated heterocycles. The van der Waals surface area contributed by atoms with E-state index in [9.17, 15) is 14.4 Å². The Labute approximate surface area is 245 Å². The van der Waals surface area contributed by atoms with Crippen LogP contribution < -0.4 is 26.7 Å². The number of esters is 1. The average Bonchev–Trinajstić information content (AvgIpc) is 3.28. The molecule has 42 heavy (non-hydrogen) atoms. The van der Waals surface area contributed by atoms with Gasteiger partial charge in [0.15, 0.2) is 5.60 Å². The van der Waals surface area contributed by atoms with Crippen molar-refractivity contribution >= 4 is 22.8 Å². The molecule has 10 heteroatoms. The van der Waals surface area contributed by atoms with E-state index in [1.807, 2.05) is 37.9 Å². The Hall–Kier alpha value is -4.05. The van der Waals surface area contributed by atoms with E-state index in [1.165, 1.54) is 6.07 Å². The van der Waals surface area contributed by atoms with Crippen molar-refractivity contribution in [1.82, 2.24) is 15.5 Å². The first-order valence-corrected chi connectivity index (χ1v) is 14.4. The van der Waals surface area contributed by atoms with E-state index in [-0.39, 0.29) is 12.3 Å². The van der Waals surface area contributed by atoms with Gasteiger partial charge in [0.25, 0.3) is 0 Å². The zero-order chi connectivity index (χ0) is 30.2.